The van der Waals surface area contributed by atoms with Gasteiger partial charge in [-0.05, 0) is 36.0 Å². The van der Waals surface area contributed by atoms with Gasteiger partial charge in [0.2, 0.25) is 0 Å². The minimum Gasteiger partial charge on any atom is -0.497 e. The fraction of sp³-hybridized carbons (Fsp3) is 0.118. The van der Waals surface area contributed by atoms with Gasteiger partial charge in [0.1, 0.15) is 16.6 Å². The molecule has 110 valence electrons. The van der Waals surface area contributed by atoms with Gasteiger partial charge in [-0.3, -0.25) is 0 Å². The van der Waals surface area contributed by atoms with Gasteiger partial charge in [0.25, 0.3) is 0 Å². The zero-order chi connectivity index (χ0) is 15.5. The van der Waals surface area contributed by atoms with Gasteiger partial charge in [-0.15, -0.1) is 0 Å². The second kappa shape index (κ2) is 6.32. The van der Waals surface area contributed by atoms with Crippen LogP contribution in [0.25, 0.3) is 10.9 Å². The van der Waals surface area contributed by atoms with E-state index in [4.69, 9.17) is 28.6 Å². The van der Waals surface area contributed by atoms with Crippen molar-refractivity contribution in [2.24, 2.45) is 4.99 Å². The van der Waals surface area contributed by atoms with Crippen LogP contribution in [-0.2, 0) is 6.54 Å². The van der Waals surface area contributed by atoms with E-state index in [-0.39, 0.29) is 0 Å². The maximum Gasteiger partial charge on any atom is 0.137 e. The van der Waals surface area contributed by atoms with E-state index in [0.717, 1.165) is 22.2 Å². The van der Waals surface area contributed by atoms with Crippen molar-refractivity contribution in [3.05, 3.63) is 59.2 Å². The summed E-state index contributed by atoms with van der Waals surface area (Å²) in [5, 5.41) is 3.94. The predicted octanol–water partition coefficient (Wildman–Crippen LogP) is 5.09. The number of rotatable bonds is 4. The van der Waals surface area contributed by atoms with Crippen LogP contribution in [0.1, 0.15) is 5.56 Å². The molecule has 0 aliphatic rings. The number of methoxy groups -OCH3 is 1. The summed E-state index contributed by atoms with van der Waals surface area (Å²) in [5.74, 6) is 0.832. The zero-order valence-electron chi connectivity index (χ0n) is 11.9. The summed E-state index contributed by atoms with van der Waals surface area (Å²) in [7, 11) is 1.65. The van der Waals surface area contributed by atoms with Crippen LogP contribution in [0.4, 0.5) is 5.69 Å². The molecule has 0 radical (unpaired) electrons. The number of para-hydroxylation sites is 1. The first-order valence-corrected chi connectivity index (χ1v) is 7.50. The van der Waals surface area contributed by atoms with Crippen molar-refractivity contribution in [3.8, 4) is 5.75 Å². The van der Waals surface area contributed by atoms with Crippen molar-refractivity contribution < 1.29 is 4.74 Å². The quantitative estimate of drug-likeness (QED) is 0.493. The third kappa shape index (κ3) is 2.64. The molecule has 0 aliphatic carbocycles. The van der Waals surface area contributed by atoms with Crippen LogP contribution in [-0.4, -0.2) is 16.8 Å². The number of ether oxygens (including phenoxy) is 1. The molecule has 0 saturated heterocycles. The molecule has 3 nitrogen and oxygen atoms in total. The number of nitrogens with zero attached hydrogens (tertiary/aromatic N) is 2. The van der Waals surface area contributed by atoms with Crippen molar-refractivity contribution in [1.82, 2.24) is 4.57 Å². The number of hydrogen-bond acceptors (Lipinski definition) is 3. The molecule has 0 saturated carbocycles. The minimum absolute atomic E-state index is 0.564. The predicted molar refractivity (Wildman–Crippen MR) is 93.7 cm³/mol. The van der Waals surface area contributed by atoms with Gasteiger partial charge < -0.3 is 9.30 Å². The standard InChI is InChI=1S/C17H13ClN2OS/c1-21-13-8-6-12(7-9-13)10-20-15-5-3-2-4-14(15)16(17(20)18)19-11-22/h2-9H,10H2,1H3. The molecule has 0 aliphatic heterocycles. The third-order valence-corrected chi connectivity index (χ3v) is 4.01. The Morgan fingerprint density at radius 2 is 1.91 bits per heavy atom. The second-order valence-electron chi connectivity index (χ2n) is 4.79. The molecular formula is C17H13ClN2OS. The van der Waals surface area contributed by atoms with E-state index in [0.29, 0.717) is 17.4 Å². The van der Waals surface area contributed by atoms with E-state index in [2.05, 4.69) is 10.2 Å². The summed E-state index contributed by atoms with van der Waals surface area (Å²) >= 11 is 11.2. The van der Waals surface area contributed by atoms with Crippen molar-refractivity contribution in [2.45, 2.75) is 6.54 Å². The van der Waals surface area contributed by atoms with Crippen molar-refractivity contribution in [2.75, 3.05) is 7.11 Å². The number of benzene rings is 2. The first kappa shape index (κ1) is 14.8. The summed E-state index contributed by atoms with van der Waals surface area (Å²) in [6, 6.07) is 15.9. The molecule has 0 amide bonds. The molecule has 1 heterocycles. The smallest absolute Gasteiger partial charge is 0.137 e. The molecular weight excluding hydrogens is 316 g/mol. The largest absolute Gasteiger partial charge is 0.497 e. The van der Waals surface area contributed by atoms with Crippen LogP contribution in [0.2, 0.25) is 5.15 Å². The number of aromatic nitrogens is 1. The Morgan fingerprint density at radius 1 is 1.18 bits per heavy atom. The number of halogens is 1. The molecule has 5 heteroatoms. The van der Waals surface area contributed by atoms with Crippen LogP contribution < -0.4 is 4.74 Å². The van der Waals surface area contributed by atoms with E-state index in [1.807, 2.05) is 53.1 Å². The zero-order valence-corrected chi connectivity index (χ0v) is 13.5. The average Bonchev–Trinajstić information content (AvgIpc) is 2.82. The van der Waals surface area contributed by atoms with Crippen LogP contribution in [0, 0.1) is 0 Å². The highest BCUT2D eigenvalue weighted by Crippen LogP contribution is 2.37. The molecule has 2 aromatic carbocycles. The number of thiocarbonyl (C=S) groups is 1. The van der Waals surface area contributed by atoms with Gasteiger partial charge in [0.05, 0.1) is 17.8 Å². The van der Waals surface area contributed by atoms with E-state index in [1.165, 1.54) is 0 Å². The monoisotopic (exact) mass is 328 g/mol. The van der Waals surface area contributed by atoms with Gasteiger partial charge in [0.15, 0.2) is 0 Å². The second-order valence-corrected chi connectivity index (χ2v) is 5.33. The lowest BCUT2D eigenvalue weighted by Crippen LogP contribution is -1.99. The highest BCUT2D eigenvalue weighted by molar-refractivity contribution is 7.78. The summed E-state index contributed by atoms with van der Waals surface area (Å²) < 4.78 is 7.20. The third-order valence-electron chi connectivity index (χ3n) is 3.54. The number of fused-ring (bicyclic) bond motifs is 1. The Labute approximate surface area is 138 Å². The van der Waals surface area contributed by atoms with E-state index >= 15 is 0 Å². The molecule has 1 aromatic heterocycles. The molecule has 0 fully saturated rings. The molecule has 0 N–H and O–H groups in total. The molecule has 3 aromatic rings. The van der Waals surface area contributed by atoms with E-state index < -0.39 is 0 Å². The molecule has 0 atom stereocenters. The molecule has 0 bridgehead atoms. The maximum absolute atomic E-state index is 6.50. The fourth-order valence-corrected chi connectivity index (χ4v) is 2.86. The van der Waals surface area contributed by atoms with Crippen LogP contribution in [0.15, 0.2) is 53.5 Å². The summed E-state index contributed by atoms with van der Waals surface area (Å²) in [6.07, 6.45) is 0. The van der Waals surface area contributed by atoms with Crippen molar-refractivity contribution in [1.29, 1.82) is 0 Å². The van der Waals surface area contributed by atoms with Gasteiger partial charge in [-0.2, -0.15) is 4.99 Å². The van der Waals surface area contributed by atoms with E-state index in [1.54, 1.807) is 7.11 Å². The average molecular weight is 329 g/mol. The van der Waals surface area contributed by atoms with Crippen molar-refractivity contribution in [3.63, 3.8) is 0 Å². The first-order valence-electron chi connectivity index (χ1n) is 6.72. The van der Waals surface area contributed by atoms with Crippen molar-refractivity contribution >= 4 is 45.6 Å². The molecule has 22 heavy (non-hydrogen) atoms. The maximum atomic E-state index is 6.50. The van der Waals surface area contributed by atoms with Gasteiger partial charge in [-0.25, -0.2) is 0 Å². The fourth-order valence-electron chi connectivity index (χ4n) is 2.47. The Kier molecular flexibility index (Phi) is 4.25. The van der Waals surface area contributed by atoms with Gasteiger partial charge >= 0.3 is 0 Å². The number of hydrogen-bond donors (Lipinski definition) is 0. The van der Waals surface area contributed by atoms with E-state index in [9.17, 15) is 0 Å². The minimum atomic E-state index is 0.564. The highest BCUT2D eigenvalue weighted by Gasteiger charge is 2.15. The lowest BCUT2D eigenvalue weighted by atomic mass is 10.2. The molecule has 3 rings (SSSR count). The Bertz CT molecular complexity index is 864. The summed E-state index contributed by atoms with van der Waals surface area (Å²) in [6.45, 7) is 0.649. The topological polar surface area (TPSA) is 26.5 Å². The molecule has 0 unspecified atom stereocenters. The van der Waals surface area contributed by atoms with Gasteiger partial charge in [-0.1, -0.05) is 41.9 Å². The summed E-state index contributed by atoms with van der Waals surface area (Å²) in [5.41, 5.74) is 2.81. The highest BCUT2D eigenvalue weighted by atomic mass is 35.5. The summed E-state index contributed by atoms with van der Waals surface area (Å²) in [4.78, 5) is 4.12. The molecule has 0 spiro atoms. The lowest BCUT2D eigenvalue weighted by Gasteiger charge is -2.08. The number of isothiocyanates is 1. The first-order chi connectivity index (χ1) is 10.7. The number of aliphatic imine (C=N–C) groups is 1. The van der Waals surface area contributed by atoms with Crippen LogP contribution in [0.3, 0.4) is 0 Å². The Morgan fingerprint density at radius 3 is 2.59 bits per heavy atom. The van der Waals surface area contributed by atoms with Crippen LogP contribution in [0.5, 0.6) is 5.75 Å². The Balaban J connectivity index is 2.09. The van der Waals surface area contributed by atoms with Crippen LogP contribution >= 0.6 is 23.8 Å². The van der Waals surface area contributed by atoms with Gasteiger partial charge in [0, 0.05) is 11.9 Å². The Hall–Kier alpha value is -2.13. The lowest BCUT2D eigenvalue weighted by molar-refractivity contribution is 0.414. The SMILES string of the molecule is COc1ccc(Cn2c(Cl)c(N=C=S)c3ccccc32)cc1. The normalized spacial score (nSPS) is 10.5.